The van der Waals surface area contributed by atoms with E-state index in [0.717, 1.165) is 52.4 Å². The van der Waals surface area contributed by atoms with Crippen LogP contribution in [0.1, 0.15) is 78.7 Å². The van der Waals surface area contributed by atoms with Crippen LogP contribution in [0.3, 0.4) is 0 Å². The van der Waals surface area contributed by atoms with E-state index in [9.17, 15) is 0 Å². The highest BCUT2D eigenvalue weighted by atomic mass is 32.1. The van der Waals surface area contributed by atoms with Gasteiger partial charge in [0, 0.05) is 22.3 Å². The van der Waals surface area contributed by atoms with Gasteiger partial charge in [-0.1, -0.05) is 12.1 Å². The summed E-state index contributed by atoms with van der Waals surface area (Å²) in [4.78, 5) is 12.3. The van der Waals surface area contributed by atoms with Gasteiger partial charge in [0.1, 0.15) is 16.9 Å². The highest BCUT2D eigenvalue weighted by Crippen LogP contribution is 2.67. The van der Waals surface area contributed by atoms with E-state index in [2.05, 4.69) is 32.9 Å². The van der Waals surface area contributed by atoms with Crippen molar-refractivity contribution in [3.8, 4) is 0 Å². The molecule has 4 aromatic rings. The second-order valence-electron chi connectivity index (χ2n) is 11.3. The van der Waals surface area contributed by atoms with Crippen molar-refractivity contribution >= 4 is 27.2 Å². The molecule has 0 unspecified atom stereocenters. The number of fused-ring (bicyclic) bond motifs is 3. The minimum absolute atomic E-state index is 0.228. The predicted molar refractivity (Wildman–Crippen MR) is 129 cm³/mol. The topological polar surface area (TPSA) is 69.1 Å². The molecule has 0 amide bonds. The highest BCUT2D eigenvalue weighted by molar-refractivity contribution is 7.18. The third kappa shape index (κ3) is 2.77. The molecule has 33 heavy (non-hydrogen) atoms. The lowest BCUT2D eigenvalue weighted by Gasteiger charge is -2.62. The largest absolute Gasteiger partial charge is 0.361 e. The molecule has 4 fully saturated rings. The highest BCUT2D eigenvalue weighted by Gasteiger charge is 2.59. The van der Waals surface area contributed by atoms with E-state index in [1.54, 1.807) is 11.3 Å². The second kappa shape index (κ2) is 6.65. The van der Waals surface area contributed by atoms with Crippen molar-refractivity contribution in [2.75, 3.05) is 0 Å². The molecule has 0 aromatic carbocycles. The number of aryl methyl sites for hydroxylation is 4. The van der Waals surface area contributed by atoms with Crippen molar-refractivity contribution in [1.82, 2.24) is 24.7 Å². The molecule has 4 aliphatic rings. The van der Waals surface area contributed by atoms with E-state index in [1.807, 2.05) is 10.8 Å². The minimum atomic E-state index is 0.228. The lowest BCUT2D eigenvalue weighted by atomic mass is 9.42. The van der Waals surface area contributed by atoms with Crippen LogP contribution in [0.25, 0.3) is 15.9 Å². The lowest BCUT2D eigenvalue weighted by molar-refractivity contribution is -0.0731. The maximum absolute atomic E-state index is 5.66. The van der Waals surface area contributed by atoms with Gasteiger partial charge < -0.3 is 4.52 Å². The van der Waals surface area contributed by atoms with Gasteiger partial charge in [-0.3, -0.25) is 0 Å². The Morgan fingerprint density at radius 2 is 1.94 bits per heavy atom. The molecule has 7 heteroatoms. The van der Waals surface area contributed by atoms with Crippen LogP contribution in [-0.4, -0.2) is 24.7 Å². The number of hydrogen-bond donors (Lipinski definition) is 0. The number of nitrogens with zero attached hydrogens (tertiary/aromatic N) is 5. The predicted octanol–water partition coefficient (Wildman–Crippen LogP) is 5.90. The lowest BCUT2D eigenvalue weighted by Crippen LogP contribution is -2.55. The summed E-state index contributed by atoms with van der Waals surface area (Å²) >= 11 is 1.78. The molecule has 0 radical (unpaired) electrons. The average molecular weight is 462 g/mol. The molecule has 0 saturated heterocycles. The quantitative estimate of drug-likeness (QED) is 0.379. The zero-order valence-corrected chi connectivity index (χ0v) is 20.8. The third-order valence-electron chi connectivity index (χ3n) is 9.01. The summed E-state index contributed by atoms with van der Waals surface area (Å²) in [5.74, 6) is 3.63. The molecule has 0 N–H and O–H groups in total. The van der Waals surface area contributed by atoms with Gasteiger partial charge in [0.25, 0.3) is 0 Å². The Morgan fingerprint density at radius 1 is 1.15 bits per heavy atom. The fourth-order valence-electron chi connectivity index (χ4n) is 8.64. The van der Waals surface area contributed by atoms with Gasteiger partial charge in [-0.15, -0.1) is 16.4 Å². The standard InChI is InChI=1S/C26H31N5OS/c1-5-19-16(4)33-24-21(19)23-28-20(29-31(23)13-27-24)11-25-7-17-6-18(8-25)10-26(9-17,12-25)22-14(2)30-32-15(22)3/h13,17-18H,5-12H2,1-4H3/t17-,18-,25?,26?/m1/s1. The second-order valence-corrected chi connectivity index (χ2v) is 12.5. The van der Waals surface area contributed by atoms with Crippen molar-refractivity contribution in [3.05, 3.63) is 39.6 Å². The molecule has 0 spiro atoms. The molecule has 4 heterocycles. The Hall–Kier alpha value is -2.28. The fraction of sp³-hybridized carbons (Fsp3) is 0.615. The van der Waals surface area contributed by atoms with E-state index in [-0.39, 0.29) is 10.8 Å². The van der Waals surface area contributed by atoms with Gasteiger partial charge in [-0.25, -0.2) is 14.5 Å². The Bertz CT molecular complexity index is 1380. The fourth-order valence-corrected chi connectivity index (χ4v) is 9.71. The maximum Gasteiger partial charge on any atom is 0.167 e. The molecule has 6 nitrogen and oxygen atoms in total. The van der Waals surface area contributed by atoms with Crippen LogP contribution < -0.4 is 0 Å². The first-order valence-electron chi connectivity index (χ1n) is 12.4. The first-order valence-corrected chi connectivity index (χ1v) is 13.3. The van der Waals surface area contributed by atoms with Crippen LogP contribution >= 0.6 is 11.3 Å². The number of rotatable bonds is 4. The summed E-state index contributed by atoms with van der Waals surface area (Å²) in [5, 5.41) is 10.5. The van der Waals surface area contributed by atoms with Gasteiger partial charge in [0.15, 0.2) is 11.5 Å². The molecular weight excluding hydrogens is 430 g/mol. The summed E-state index contributed by atoms with van der Waals surface area (Å²) in [7, 11) is 0. The molecular formula is C26H31N5OS. The normalized spacial score (nSPS) is 30.8. The van der Waals surface area contributed by atoms with E-state index in [1.165, 1.54) is 59.9 Å². The number of aromatic nitrogens is 5. The Kier molecular flexibility index (Phi) is 4.05. The van der Waals surface area contributed by atoms with E-state index >= 15 is 0 Å². The molecule has 4 bridgehead atoms. The molecule has 4 saturated carbocycles. The molecule has 4 aromatic heterocycles. The number of hydrogen-bond acceptors (Lipinski definition) is 6. The monoisotopic (exact) mass is 461 g/mol. The van der Waals surface area contributed by atoms with Crippen LogP contribution in [0.5, 0.6) is 0 Å². The van der Waals surface area contributed by atoms with E-state index < -0.39 is 0 Å². The van der Waals surface area contributed by atoms with Crippen LogP contribution in [0.4, 0.5) is 0 Å². The maximum atomic E-state index is 5.66. The molecule has 2 atom stereocenters. The Morgan fingerprint density at radius 3 is 2.64 bits per heavy atom. The smallest absolute Gasteiger partial charge is 0.167 e. The minimum Gasteiger partial charge on any atom is -0.361 e. The number of thiophene rings is 1. The van der Waals surface area contributed by atoms with Crippen molar-refractivity contribution < 1.29 is 4.52 Å². The first kappa shape index (κ1) is 20.1. The van der Waals surface area contributed by atoms with Gasteiger partial charge in [0.05, 0.1) is 11.1 Å². The Labute approximate surface area is 197 Å². The summed E-state index contributed by atoms with van der Waals surface area (Å²) in [5.41, 5.74) is 5.39. The van der Waals surface area contributed by atoms with Crippen LogP contribution in [-0.2, 0) is 18.3 Å². The summed E-state index contributed by atoms with van der Waals surface area (Å²) in [6.45, 7) is 8.66. The van der Waals surface area contributed by atoms with Crippen molar-refractivity contribution in [2.45, 2.75) is 84.5 Å². The summed E-state index contributed by atoms with van der Waals surface area (Å²) in [6, 6.07) is 0. The van der Waals surface area contributed by atoms with Gasteiger partial charge >= 0.3 is 0 Å². The van der Waals surface area contributed by atoms with Crippen molar-refractivity contribution in [1.29, 1.82) is 0 Å². The molecule has 0 aliphatic heterocycles. The van der Waals surface area contributed by atoms with E-state index in [0.29, 0.717) is 0 Å². The van der Waals surface area contributed by atoms with Gasteiger partial charge in [0.2, 0.25) is 0 Å². The van der Waals surface area contributed by atoms with Gasteiger partial charge in [-0.05, 0) is 88.5 Å². The van der Waals surface area contributed by atoms with Crippen LogP contribution in [0, 0.1) is 38.0 Å². The average Bonchev–Trinajstić information content (AvgIpc) is 3.40. The summed E-state index contributed by atoms with van der Waals surface area (Å²) < 4.78 is 7.58. The van der Waals surface area contributed by atoms with Crippen LogP contribution in [0.2, 0.25) is 0 Å². The third-order valence-corrected chi connectivity index (χ3v) is 10.1. The van der Waals surface area contributed by atoms with Crippen molar-refractivity contribution in [2.24, 2.45) is 17.3 Å². The van der Waals surface area contributed by atoms with Crippen molar-refractivity contribution in [3.63, 3.8) is 0 Å². The van der Waals surface area contributed by atoms with E-state index in [4.69, 9.17) is 19.6 Å². The van der Waals surface area contributed by atoms with Crippen LogP contribution in [0.15, 0.2) is 10.9 Å². The molecule has 172 valence electrons. The molecule has 8 rings (SSSR count). The summed E-state index contributed by atoms with van der Waals surface area (Å²) in [6.07, 6.45) is 11.7. The first-order chi connectivity index (χ1) is 15.9. The zero-order chi connectivity index (χ0) is 22.5. The Balaban J connectivity index is 1.30. The molecule has 4 aliphatic carbocycles. The zero-order valence-electron chi connectivity index (χ0n) is 19.9. The SMILES string of the molecule is CCc1c(C)sc2ncn3nc(CC45C[C@H]6C[C@H](C4)CC(c4c(C)noc4C)(C6)C5)nc3c12. The van der Waals surface area contributed by atoms with Gasteiger partial charge in [-0.2, -0.15) is 0 Å².